The number of carbonyl (C=O) groups excluding carboxylic acids is 2. The van der Waals surface area contributed by atoms with Gasteiger partial charge >= 0.3 is 12.1 Å². The Morgan fingerprint density at radius 3 is 2.90 bits per heavy atom. The van der Waals surface area contributed by atoms with E-state index in [0.717, 1.165) is 25.7 Å². The molecule has 2 amide bonds. The lowest BCUT2D eigenvalue weighted by atomic mass is 9.99. The van der Waals surface area contributed by atoms with Crippen LogP contribution in [-0.2, 0) is 14.3 Å². The van der Waals surface area contributed by atoms with Crippen molar-refractivity contribution in [2.24, 2.45) is 0 Å². The third-order valence-corrected chi connectivity index (χ3v) is 4.13. The summed E-state index contributed by atoms with van der Waals surface area (Å²) >= 11 is 0. The zero-order valence-corrected chi connectivity index (χ0v) is 12.2. The summed E-state index contributed by atoms with van der Waals surface area (Å²) in [7, 11) is 0. The summed E-state index contributed by atoms with van der Waals surface area (Å²) in [5.41, 5.74) is 0. The van der Waals surface area contributed by atoms with Gasteiger partial charge in [0.2, 0.25) is 5.91 Å². The number of amides is 2. The number of carboxylic acid groups (broad SMARTS) is 1. The molecule has 2 saturated heterocycles. The van der Waals surface area contributed by atoms with Crippen molar-refractivity contribution in [3.05, 3.63) is 0 Å². The standard InChI is InChI=1S/C14H22N2O5/c1-2-3-7-21-14(20)15-9-8-11(13(18)19)16-10(9)5-4-6-12(16)17/h9-11H,2-8H2,1H3,(H,15,20)(H,18,19). The van der Waals surface area contributed by atoms with Crippen LogP contribution in [0.15, 0.2) is 0 Å². The van der Waals surface area contributed by atoms with Gasteiger partial charge in [-0.15, -0.1) is 0 Å². The monoisotopic (exact) mass is 298 g/mol. The van der Waals surface area contributed by atoms with Gasteiger partial charge in [-0.2, -0.15) is 0 Å². The maximum atomic E-state index is 12.0. The molecule has 0 aromatic carbocycles. The molecule has 2 aliphatic heterocycles. The number of unbranched alkanes of at least 4 members (excludes halogenated alkanes) is 1. The highest BCUT2D eigenvalue weighted by Crippen LogP contribution is 2.32. The van der Waals surface area contributed by atoms with Gasteiger partial charge in [0.05, 0.1) is 18.7 Å². The van der Waals surface area contributed by atoms with E-state index >= 15 is 0 Å². The van der Waals surface area contributed by atoms with Crippen molar-refractivity contribution in [1.29, 1.82) is 0 Å². The number of nitrogens with one attached hydrogen (secondary N) is 1. The number of fused-ring (bicyclic) bond motifs is 1. The van der Waals surface area contributed by atoms with E-state index < -0.39 is 18.1 Å². The quantitative estimate of drug-likeness (QED) is 0.741. The molecule has 2 heterocycles. The fourth-order valence-corrected chi connectivity index (χ4v) is 3.10. The number of ether oxygens (including phenoxy) is 1. The molecule has 0 bridgehead atoms. The van der Waals surface area contributed by atoms with Gasteiger partial charge in [0.15, 0.2) is 0 Å². The van der Waals surface area contributed by atoms with E-state index in [2.05, 4.69) is 5.32 Å². The van der Waals surface area contributed by atoms with Crippen LogP contribution in [0.4, 0.5) is 4.79 Å². The zero-order chi connectivity index (χ0) is 15.4. The minimum atomic E-state index is -1.01. The van der Waals surface area contributed by atoms with Crippen molar-refractivity contribution in [3.8, 4) is 0 Å². The second-order valence-electron chi connectivity index (χ2n) is 5.59. The number of piperidine rings is 1. The maximum Gasteiger partial charge on any atom is 0.407 e. The molecule has 118 valence electrons. The van der Waals surface area contributed by atoms with Crippen molar-refractivity contribution in [1.82, 2.24) is 10.2 Å². The zero-order valence-electron chi connectivity index (χ0n) is 12.2. The number of rotatable bonds is 5. The maximum absolute atomic E-state index is 12.0. The van der Waals surface area contributed by atoms with Crippen LogP contribution < -0.4 is 5.32 Å². The van der Waals surface area contributed by atoms with Gasteiger partial charge < -0.3 is 20.1 Å². The Labute approximate surface area is 123 Å². The molecule has 0 aromatic heterocycles. The van der Waals surface area contributed by atoms with E-state index in [1.54, 1.807) is 0 Å². The molecular formula is C14H22N2O5. The molecule has 3 atom stereocenters. The highest BCUT2D eigenvalue weighted by molar-refractivity contribution is 5.85. The summed E-state index contributed by atoms with van der Waals surface area (Å²) in [6.45, 7) is 2.35. The number of aliphatic carboxylic acids is 1. The SMILES string of the molecule is CCCCOC(=O)NC1CC(C(=O)O)N2C(=O)CCCC12. The molecule has 0 radical (unpaired) electrons. The highest BCUT2D eigenvalue weighted by atomic mass is 16.5. The molecule has 3 unspecified atom stereocenters. The molecule has 7 heteroatoms. The highest BCUT2D eigenvalue weighted by Gasteiger charge is 2.48. The molecule has 2 N–H and O–H groups in total. The van der Waals surface area contributed by atoms with Gasteiger partial charge in [-0.3, -0.25) is 4.79 Å². The minimum Gasteiger partial charge on any atom is -0.480 e. The lowest BCUT2D eigenvalue weighted by Gasteiger charge is -2.34. The predicted molar refractivity (Wildman–Crippen MR) is 73.7 cm³/mol. The lowest BCUT2D eigenvalue weighted by molar-refractivity contribution is -0.151. The third kappa shape index (κ3) is 3.46. The van der Waals surface area contributed by atoms with Gasteiger partial charge in [0.25, 0.3) is 0 Å². The summed E-state index contributed by atoms with van der Waals surface area (Å²) in [6, 6.07) is -1.42. The number of alkyl carbamates (subject to hydrolysis) is 1. The van der Waals surface area contributed by atoms with E-state index in [4.69, 9.17) is 4.74 Å². The lowest BCUT2D eigenvalue weighted by Crippen LogP contribution is -2.51. The number of hydrogen-bond donors (Lipinski definition) is 2. The average molecular weight is 298 g/mol. The molecule has 7 nitrogen and oxygen atoms in total. The predicted octanol–water partition coefficient (Wildman–Crippen LogP) is 1.12. The van der Waals surface area contributed by atoms with Crippen LogP contribution in [0.3, 0.4) is 0 Å². The topological polar surface area (TPSA) is 95.9 Å². The summed E-state index contributed by atoms with van der Waals surface area (Å²) in [6.07, 6.45) is 3.28. The number of carboxylic acids is 1. The Balaban J connectivity index is 1.98. The van der Waals surface area contributed by atoms with E-state index in [9.17, 15) is 19.5 Å². The van der Waals surface area contributed by atoms with Crippen LogP contribution in [0.2, 0.25) is 0 Å². The Kier molecular flexibility index (Phi) is 5.03. The normalized spacial score (nSPS) is 28.1. The third-order valence-electron chi connectivity index (χ3n) is 4.13. The van der Waals surface area contributed by atoms with Crippen LogP contribution in [0.25, 0.3) is 0 Å². The molecule has 21 heavy (non-hydrogen) atoms. The average Bonchev–Trinajstić information content (AvgIpc) is 2.80. The van der Waals surface area contributed by atoms with Crippen LogP contribution in [0, 0.1) is 0 Å². The second-order valence-corrected chi connectivity index (χ2v) is 5.59. The van der Waals surface area contributed by atoms with Crippen molar-refractivity contribution >= 4 is 18.0 Å². The summed E-state index contributed by atoms with van der Waals surface area (Å²) in [4.78, 5) is 36.4. The molecule has 2 fully saturated rings. The Hall–Kier alpha value is -1.79. The van der Waals surface area contributed by atoms with E-state index in [1.165, 1.54) is 4.90 Å². The van der Waals surface area contributed by atoms with Gasteiger partial charge in [-0.25, -0.2) is 9.59 Å². The van der Waals surface area contributed by atoms with Gasteiger partial charge in [-0.1, -0.05) is 13.3 Å². The molecule has 2 aliphatic rings. The van der Waals surface area contributed by atoms with Crippen molar-refractivity contribution < 1.29 is 24.2 Å². The number of hydrogen-bond acceptors (Lipinski definition) is 4. The van der Waals surface area contributed by atoms with Gasteiger partial charge in [0.1, 0.15) is 6.04 Å². The first kappa shape index (κ1) is 15.6. The van der Waals surface area contributed by atoms with Crippen molar-refractivity contribution in [3.63, 3.8) is 0 Å². The van der Waals surface area contributed by atoms with E-state index in [1.807, 2.05) is 6.92 Å². The minimum absolute atomic E-state index is 0.137. The smallest absolute Gasteiger partial charge is 0.407 e. The van der Waals surface area contributed by atoms with Crippen LogP contribution >= 0.6 is 0 Å². The summed E-state index contributed by atoms with van der Waals surface area (Å²) in [5, 5.41) is 12.0. The summed E-state index contributed by atoms with van der Waals surface area (Å²) < 4.78 is 5.05. The molecule has 0 aliphatic carbocycles. The molecule has 0 spiro atoms. The van der Waals surface area contributed by atoms with E-state index in [0.29, 0.717) is 13.0 Å². The molecule has 0 aromatic rings. The first-order valence-corrected chi connectivity index (χ1v) is 7.51. The first-order chi connectivity index (χ1) is 10.0. The van der Waals surface area contributed by atoms with Crippen molar-refractivity contribution in [2.45, 2.75) is 63.6 Å². The van der Waals surface area contributed by atoms with Crippen molar-refractivity contribution in [2.75, 3.05) is 6.61 Å². The molecule has 0 saturated carbocycles. The Morgan fingerprint density at radius 2 is 2.24 bits per heavy atom. The first-order valence-electron chi connectivity index (χ1n) is 7.51. The van der Waals surface area contributed by atoms with Crippen LogP contribution in [-0.4, -0.2) is 52.7 Å². The van der Waals surface area contributed by atoms with E-state index in [-0.39, 0.29) is 24.4 Å². The Morgan fingerprint density at radius 1 is 1.48 bits per heavy atom. The summed E-state index contributed by atoms with van der Waals surface area (Å²) in [5.74, 6) is -1.15. The Bertz CT molecular complexity index is 426. The fraction of sp³-hybridized carbons (Fsp3) is 0.786. The molecular weight excluding hydrogens is 276 g/mol. The fourth-order valence-electron chi connectivity index (χ4n) is 3.10. The number of nitrogens with zero attached hydrogens (tertiary/aromatic N) is 1. The second kappa shape index (κ2) is 6.78. The number of carbonyl (C=O) groups is 3. The molecule has 2 rings (SSSR count). The van der Waals surface area contributed by atoms with Gasteiger partial charge in [-0.05, 0) is 19.3 Å². The largest absolute Gasteiger partial charge is 0.480 e. The van der Waals surface area contributed by atoms with Crippen LogP contribution in [0.5, 0.6) is 0 Å². The van der Waals surface area contributed by atoms with Gasteiger partial charge in [0, 0.05) is 12.8 Å². The van der Waals surface area contributed by atoms with Crippen LogP contribution in [0.1, 0.15) is 45.4 Å².